The van der Waals surface area contributed by atoms with E-state index in [4.69, 9.17) is 11.6 Å². The third-order valence-corrected chi connectivity index (χ3v) is 3.69. The SMILES string of the molecule is CN1CCC(Nc2ccc(C(F)(F)F)cc2Cl)CC1. The summed E-state index contributed by atoms with van der Waals surface area (Å²) in [5, 5.41) is 3.34. The number of benzene rings is 1. The van der Waals surface area contributed by atoms with Crippen molar-refractivity contribution in [2.75, 3.05) is 25.5 Å². The highest BCUT2D eigenvalue weighted by molar-refractivity contribution is 6.33. The van der Waals surface area contributed by atoms with Crippen LogP contribution in [0, 0.1) is 0 Å². The smallest absolute Gasteiger partial charge is 0.381 e. The fraction of sp³-hybridized carbons (Fsp3) is 0.538. The van der Waals surface area contributed by atoms with Crippen LogP contribution in [-0.2, 0) is 6.18 Å². The first-order valence-electron chi connectivity index (χ1n) is 6.18. The molecule has 106 valence electrons. The van der Waals surface area contributed by atoms with E-state index in [1.807, 2.05) is 0 Å². The van der Waals surface area contributed by atoms with Gasteiger partial charge in [-0.25, -0.2) is 0 Å². The molecule has 6 heteroatoms. The van der Waals surface area contributed by atoms with E-state index in [0.29, 0.717) is 5.69 Å². The molecular formula is C13H16ClF3N2. The Bertz CT molecular complexity index is 440. The first-order chi connectivity index (χ1) is 8.86. The van der Waals surface area contributed by atoms with Gasteiger partial charge in [-0.05, 0) is 51.2 Å². The number of piperidine rings is 1. The van der Waals surface area contributed by atoms with Crippen LogP contribution in [0.5, 0.6) is 0 Å². The van der Waals surface area contributed by atoms with Crippen LogP contribution >= 0.6 is 11.6 Å². The second-order valence-electron chi connectivity index (χ2n) is 4.91. The highest BCUT2D eigenvalue weighted by atomic mass is 35.5. The third-order valence-electron chi connectivity index (χ3n) is 3.37. The minimum atomic E-state index is -4.35. The molecule has 1 fully saturated rings. The molecule has 1 aromatic carbocycles. The lowest BCUT2D eigenvalue weighted by Crippen LogP contribution is -2.36. The standard InChI is InChI=1S/C13H16ClF3N2/c1-19-6-4-10(5-7-19)18-12-3-2-9(8-11(12)14)13(15,16)17/h2-3,8,10,18H,4-7H2,1H3. The first-order valence-corrected chi connectivity index (χ1v) is 6.56. The monoisotopic (exact) mass is 292 g/mol. The normalized spacial score (nSPS) is 18.6. The summed E-state index contributed by atoms with van der Waals surface area (Å²) >= 11 is 5.91. The number of rotatable bonds is 2. The van der Waals surface area contributed by atoms with Gasteiger partial charge in [-0.3, -0.25) is 0 Å². The number of hydrogen-bond acceptors (Lipinski definition) is 2. The lowest BCUT2D eigenvalue weighted by molar-refractivity contribution is -0.137. The Balaban J connectivity index is 2.05. The number of nitrogens with one attached hydrogen (secondary N) is 1. The second kappa shape index (κ2) is 5.59. The number of likely N-dealkylation sites (tertiary alicyclic amines) is 1. The summed E-state index contributed by atoms with van der Waals surface area (Å²) in [6.45, 7) is 1.96. The van der Waals surface area contributed by atoms with E-state index in [1.54, 1.807) is 0 Å². The summed E-state index contributed by atoms with van der Waals surface area (Å²) in [5.74, 6) is 0. The van der Waals surface area contributed by atoms with Crippen LogP contribution in [0.15, 0.2) is 18.2 Å². The van der Waals surface area contributed by atoms with E-state index >= 15 is 0 Å². The molecule has 0 aromatic heterocycles. The Morgan fingerprint density at radius 1 is 1.26 bits per heavy atom. The van der Waals surface area contributed by atoms with E-state index in [0.717, 1.165) is 38.1 Å². The molecular weight excluding hydrogens is 277 g/mol. The molecule has 1 aliphatic heterocycles. The molecule has 0 unspecified atom stereocenters. The topological polar surface area (TPSA) is 15.3 Å². The highest BCUT2D eigenvalue weighted by Crippen LogP contribution is 2.34. The second-order valence-corrected chi connectivity index (χ2v) is 5.32. The lowest BCUT2D eigenvalue weighted by Gasteiger charge is -2.30. The van der Waals surface area contributed by atoms with Crippen molar-refractivity contribution in [1.82, 2.24) is 4.90 Å². The van der Waals surface area contributed by atoms with Crippen molar-refractivity contribution < 1.29 is 13.2 Å². The molecule has 0 aliphatic carbocycles. The summed E-state index contributed by atoms with van der Waals surface area (Å²) in [5.41, 5.74) is -0.143. The van der Waals surface area contributed by atoms with E-state index < -0.39 is 11.7 Å². The zero-order chi connectivity index (χ0) is 14.0. The van der Waals surface area contributed by atoms with Crippen LogP contribution in [-0.4, -0.2) is 31.1 Å². The summed E-state index contributed by atoms with van der Waals surface area (Å²) in [7, 11) is 2.06. The molecule has 0 bridgehead atoms. The number of hydrogen-bond donors (Lipinski definition) is 1. The molecule has 19 heavy (non-hydrogen) atoms. The van der Waals surface area contributed by atoms with Gasteiger partial charge < -0.3 is 10.2 Å². The van der Waals surface area contributed by atoms with E-state index in [1.165, 1.54) is 6.07 Å². The van der Waals surface area contributed by atoms with Crippen molar-refractivity contribution >= 4 is 17.3 Å². The van der Waals surface area contributed by atoms with Crippen LogP contribution in [0.3, 0.4) is 0 Å². The van der Waals surface area contributed by atoms with Crippen molar-refractivity contribution in [1.29, 1.82) is 0 Å². The first kappa shape index (κ1) is 14.5. The van der Waals surface area contributed by atoms with Gasteiger partial charge in [0.25, 0.3) is 0 Å². The van der Waals surface area contributed by atoms with Crippen molar-refractivity contribution in [3.05, 3.63) is 28.8 Å². The molecule has 1 N–H and O–H groups in total. The minimum absolute atomic E-state index is 0.119. The lowest BCUT2D eigenvalue weighted by atomic mass is 10.0. The van der Waals surface area contributed by atoms with Gasteiger partial charge in [-0.1, -0.05) is 11.6 Å². The largest absolute Gasteiger partial charge is 0.416 e. The quantitative estimate of drug-likeness (QED) is 0.890. The van der Waals surface area contributed by atoms with Gasteiger partial charge in [0.05, 0.1) is 16.3 Å². The molecule has 1 saturated heterocycles. The summed E-state index contributed by atoms with van der Waals surface area (Å²) in [6.07, 6.45) is -2.42. The number of halogens is 4. The fourth-order valence-electron chi connectivity index (χ4n) is 2.18. The van der Waals surface area contributed by atoms with Gasteiger partial charge in [-0.15, -0.1) is 0 Å². The molecule has 2 rings (SSSR count). The van der Waals surface area contributed by atoms with Gasteiger partial charge in [0.15, 0.2) is 0 Å². The zero-order valence-corrected chi connectivity index (χ0v) is 11.4. The molecule has 0 saturated carbocycles. The van der Waals surface area contributed by atoms with Crippen LogP contribution in [0.25, 0.3) is 0 Å². The molecule has 1 heterocycles. The Kier molecular flexibility index (Phi) is 4.26. The van der Waals surface area contributed by atoms with Crippen molar-refractivity contribution in [3.63, 3.8) is 0 Å². The Hall–Kier alpha value is -0.940. The van der Waals surface area contributed by atoms with Crippen LogP contribution < -0.4 is 5.32 Å². The highest BCUT2D eigenvalue weighted by Gasteiger charge is 2.31. The van der Waals surface area contributed by atoms with Gasteiger partial charge in [-0.2, -0.15) is 13.2 Å². The van der Waals surface area contributed by atoms with Crippen molar-refractivity contribution in [2.45, 2.75) is 25.1 Å². The molecule has 2 nitrogen and oxygen atoms in total. The molecule has 1 aliphatic rings. The van der Waals surface area contributed by atoms with E-state index in [9.17, 15) is 13.2 Å². The molecule has 0 spiro atoms. The van der Waals surface area contributed by atoms with Gasteiger partial charge >= 0.3 is 6.18 Å². The molecule has 0 radical (unpaired) electrons. The zero-order valence-electron chi connectivity index (χ0n) is 10.6. The maximum atomic E-state index is 12.5. The summed E-state index contributed by atoms with van der Waals surface area (Å²) in [6, 6.07) is 3.70. The predicted octanol–water partition coefficient (Wildman–Crippen LogP) is 3.86. The van der Waals surface area contributed by atoms with E-state index in [-0.39, 0.29) is 11.1 Å². The average Bonchev–Trinajstić information content (AvgIpc) is 2.33. The average molecular weight is 293 g/mol. The maximum absolute atomic E-state index is 12.5. The fourth-order valence-corrected chi connectivity index (χ4v) is 2.42. The van der Waals surface area contributed by atoms with Crippen LogP contribution in [0.2, 0.25) is 5.02 Å². The molecule has 0 atom stereocenters. The maximum Gasteiger partial charge on any atom is 0.416 e. The minimum Gasteiger partial charge on any atom is -0.381 e. The Morgan fingerprint density at radius 2 is 1.89 bits per heavy atom. The Labute approximate surface area is 115 Å². The van der Waals surface area contributed by atoms with Gasteiger partial charge in [0.1, 0.15) is 0 Å². The van der Waals surface area contributed by atoms with Gasteiger partial charge in [0, 0.05) is 6.04 Å². The number of alkyl halides is 3. The summed E-state index contributed by atoms with van der Waals surface area (Å²) < 4.78 is 37.5. The molecule has 0 amide bonds. The van der Waals surface area contributed by atoms with Crippen molar-refractivity contribution in [3.8, 4) is 0 Å². The van der Waals surface area contributed by atoms with E-state index in [2.05, 4.69) is 17.3 Å². The summed E-state index contributed by atoms with van der Waals surface area (Å²) in [4.78, 5) is 2.23. The Morgan fingerprint density at radius 3 is 2.42 bits per heavy atom. The number of nitrogens with zero attached hydrogens (tertiary/aromatic N) is 1. The predicted molar refractivity (Wildman–Crippen MR) is 70.6 cm³/mol. The van der Waals surface area contributed by atoms with Crippen LogP contribution in [0.1, 0.15) is 18.4 Å². The van der Waals surface area contributed by atoms with Gasteiger partial charge in [0.2, 0.25) is 0 Å². The van der Waals surface area contributed by atoms with Crippen LogP contribution in [0.4, 0.5) is 18.9 Å². The van der Waals surface area contributed by atoms with Crippen molar-refractivity contribution in [2.24, 2.45) is 0 Å². The number of anilines is 1. The third kappa shape index (κ3) is 3.76. The molecule has 1 aromatic rings.